The van der Waals surface area contributed by atoms with Crippen molar-refractivity contribution in [2.75, 3.05) is 10.6 Å². The lowest BCUT2D eigenvalue weighted by molar-refractivity contribution is 0.632. The standard InChI is InChI=1S/C14H12ClFN2S/c1-9-8-10(15)6-7-12(9)17-14(19)18-13-5-3-2-4-11(13)16/h2-8H,1H3,(H2,17,18,19). The van der Waals surface area contributed by atoms with Crippen molar-refractivity contribution < 1.29 is 4.39 Å². The quantitative estimate of drug-likeness (QED) is 0.792. The molecule has 19 heavy (non-hydrogen) atoms. The van der Waals surface area contributed by atoms with E-state index < -0.39 is 0 Å². The van der Waals surface area contributed by atoms with Gasteiger partial charge in [0, 0.05) is 10.7 Å². The molecule has 0 radical (unpaired) electrons. The van der Waals surface area contributed by atoms with E-state index in [4.69, 9.17) is 23.8 Å². The smallest absolute Gasteiger partial charge is 0.175 e. The van der Waals surface area contributed by atoms with E-state index in [1.54, 1.807) is 24.3 Å². The highest BCUT2D eigenvalue weighted by atomic mass is 35.5. The lowest BCUT2D eigenvalue weighted by Crippen LogP contribution is -2.20. The highest BCUT2D eigenvalue weighted by molar-refractivity contribution is 7.80. The van der Waals surface area contributed by atoms with Gasteiger partial charge in [0.05, 0.1) is 5.69 Å². The molecule has 0 amide bonds. The van der Waals surface area contributed by atoms with Crippen molar-refractivity contribution in [1.29, 1.82) is 0 Å². The zero-order valence-corrected chi connectivity index (χ0v) is 11.8. The monoisotopic (exact) mass is 294 g/mol. The fourth-order valence-corrected chi connectivity index (χ4v) is 2.05. The second kappa shape index (κ2) is 5.99. The van der Waals surface area contributed by atoms with Gasteiger partial charge in [-0.25, -0.2) is 4.39 Å². The van der Waals surface area contributed by atoms with Crippen molar-refractivity contribution in [2.45, 2.75) is 6.92 Å². The number of nitrogens with one attached hydrogen (secondary N) is 2. The Morgan fingerprint density at radius 1 is 1.11 bits per heavy atom. The van der Waals surface area contributed by atoms with Gasteiger partial charge in [-0.15, -0.1) is 0 Å². The van der Waals surface area contributed by atoms with Crippen LogP contribution in [0.5, 0.6) is 0 Å². The summed E-state index contributed by atoms with van der Waals surface area (Å²) < 4.78 is 13.5. The third-order valence-electron chi connectivity index (χ3n) is 2.56. The van der Waals surface area contributed by atoms with Gasteiger partial charge >= 0.3 is 0 Å². The number of thiocarbonyl (C=S) groups is 1. The minimum Gasteiger partial charge on any atom is -0.332 e. The molecule has 0 aromatic heterocycles. The summed E-state index contributed by atoms with van der Waals surface area (Å²) in [6, 6.07) is 11.8. The molecule has 0 bridgehead atoms. The van der Waals surface area contributed by atoms with Gasteiger partial charge in [-0.2, -0.15) is 0 Å². The molecule has 0 aliphatic heterocycles. The first-order chi connectivity index (χ1) is 9.06. The number of rotatable bonds is 2. The van der Waals surface area contributed by atoms with Crippen LogP contribution < -0.4 is 10.6 Å². The molecule has 98 valence electrons. The molecular weight excluding hydrogens is 283 g/mol. The van der Waals surface area contributed by atoms with Crippen LogP contribution in [0.1, 0.15) is 5.56 Å². The fraction of sp³-hybridized carbons (Fsp3) is 0.0714. The summed E-state index contributed by atoms with van der Waals surface area (Å²) in [4.78, 5) is 0. The number of para-hydroxylation sites is 1. The zero-order valence-electron chi connectivity index (χ0n) is 10.2. The lowest BCUT2D eigenvalue weighted by Gasteiger charge is -2.13. The largest absolute Gasteiger partial charge is 0.332 e. The summed E-state index contributed by atoms with van der Waals surface area (Å²) in [6.45, 7) is 1.92. The average molecular weight is 295 g/mol. The van der Waals surface area contributed by atoms with Crippen LogP contribution in [-0.4, -0.2) is 5.11 Å². The second-order valence-electron chi connectivity index (χ2n) is 4.02. The van der Waals surface area contributed by atoms with Crippen LogP contribution in [0, 0.1) is 12.7 Å². The maximum atomic E-state index is 13.5. The molecule has 5 heteroatoms. The molecule has 0 saturated heterocycles. The first kappa shape index (κ1) is 13.8. The van der Waals surface area contributed by atoms with Crippen molar-refractivity contribution in [3.05, 3.63) is 58.9 Å². The third-order valence-corrected chi connectivity index (χ3v) is 3.00. The predicted molar refractivity (Wildman–Crippen MR) is 82.4 cm³/mol. The first-order valence-corrected chi connectivity index (χ1v) is 6.43. The molecule has 0 aliphatic rings. The van der Waals surface area contributed by atoms with E-state index in [0.717, 1.165) is 11.3 Å². The van der Waals surface area contributed by atoms with Gasteiger partial charge < -0.3 is 10.6 Å². The molecule has 0 saturated carbocycles. The Hall–Kier alpha value is -1.65. The van der Waals surface area contributed by atoms with E-state index in [1.165, 1.54) is 6.07 Å². The minimum absolute atomic E-state index is 0.329. The Morgan fingerprint density at radius 3 is 2.47 bits per heavy atom. The van der Waals surface area contributed by atoms with Gasteiger partial charge in [-0.05, 0) is 55.0 Å². The number of anilines is 2. The minimum atomic E-state index is -0.348. The Bertz CT molecular complexity index is 616. The maximum absolute atomic E-state index is 13.5. The number of aryl methyl sites for hydroxylation is 1. The van der Waals surface area contributed by atoms with E-state index >= 15 is 0 Å². The molecule has 0 atom stereocenters. The third kappa shape index (κ3) is 3.66. The van der Waals surface area contributed by atoms with Crippen LogP contribution in [-0.2, 0) is 0 Å². The van der Waals surface area contributed by atoms with E-state index in [9.17, 15) is 4.39 Å². The van der Waals surface area contributed by atoms with Gasteiger partial charge in [-0.1, -0.05) is 23.7 Å². The summed E-state index contributed by atoms with van der Waals surface area (Å²) in [7, 11) is 0. The summed E-state index contributed by atoms with van der Waals surface area (Å²) >= 11 is 11.0. The van der Waals surface area contributed by atoms with Crippen LogP contribution in [0.15, 0.2) is 42.5 Å². The molecule has 2 rings (SSSR count). The first-order valence-electron chi connectivity index (χ1n) is 5.65. The van der Waals surface area contributed by atoms with Gasteiger partial charge in [0.25, 0.3) is 0 Å². The maximum Gasteiger partial charge on any atom is 0.175 e. The van der Waals surface area contributed by atoms with Crippen molar-refractivity contribution >= 4 is 40.3 Å². The summed E-state index contributed by atoms with van der Waals surface area (Å²) in [6.07, 6.45) is 0. The molecule has 2 nitrogen and oxygen atoms in total. The van der Waals surface area contributed by atoms with Gasteiger partial charge in [0.1, 0.15) is 5.82 Å². The van der Waals surface area contributed by atoms with Gasteiger partial charge in [-0.3, -0.25) is 0 Å². The van der Waals surface area contributed by atoms with E-state index in [-0.39, 0.29) is 5.82 Å². The SMILES string of the molecule is Cc1cc(Cl)ccc1NC(=S)Nc1ccccc1F. The number of hydrogen-bond acceptors (Lipinski definition) is 1. The Balaban J connectivity index is 2.08. The molecule has 2 N–H and O–H groups in total. The van der Waals surface area contributed by atoms with Crippen LogP contribution in [0.3, 0.4) is 0 Å². The van der Waals surface area contributed by atoms with Gasteiger partial charge in [0.15, 0.2) is 5.11 Å². The molecule has 2 aromatic carbocycles. The topological polar surface area (TPSA) is 24.1 Å². The van der Waals surface area contributed by atoms with E-state index in [0.29, 0.717) is 15.8 Å². The summed E-state index contributed by atoms with van der Waals surface area (Å²) in [5.41, 5.74) is 2.13. The molecule has 2 aromatic rings. The molecule has 0 unspecified atom stereocenters. The van der Waals surface area contributed by atoms with Crippen LogP contribution in [0.25, 0.3) is 0 Å². The average Bonchev–Trinajstić information content (AvgIpc) is 2.36. The number of hydrogen-bond donors (Lipinski definition) is 2. The normalized spacial score (nSPS) is 10.1. The Kier molecular flexibility index (Phi) is 4.35. The fourth-order valence-electron chi connectivity index (χ4n) is 1.61. The molecule has 0 aliphatic carbocycles. The number of halogens is 2. The summed E-state index contributed by atoms with van der Waals surface area (Å²) in [5, 5.41) is 6.81. The second-order valence-corrected chi connectivity index (χ2v) is 4.86. The molecule has 0 heterocycles. The highest BCUT2D eigenvalue weighted by Crippen LogP contribution is 2.20. The predicted octanol–water partition coefficient (Wildman–Crippen LogP) is 4.60. The lowest BCUT2D eigenvalue weighted by atomic mass is 10.2. The van der Waals surface area contributed by atoms with E-state index in [1.807, 2.05) is 19.1 Å². The van der Waals surface area contributed by atoms with Crippen LogP contribution in [0.2, 0.25) is 5.02 Å². The van der Waals surface area contributed by atoms with E-state index in [2.05, 4.69) is 10.6 Å². The van der Waals surface area contributed by atoms with Crippen LogP contribution >= 0.6 is 23.8 Å². The highest BCUT2D eigenvalue weighted by Gasteiger charge is 2.05. The molecular formula is C14H12ClFN2S. The Morgan fingerprint density at radius 2 is 1.79 bits per heavy atom. The van der Waals surface area contributed by atoms with Crippen molar-refractivity contribution in [1.82, 2.24) is 0 Å². The van der Waals surface area contributed by atoms with Crippen molar-refractivity contribution in [2.24, 2.45) is 0 Å². The molecule has 0 fully saturated rings. The summed E-state index contributed by atoms with van der Waals surface area (Å²) in [5.74, 6) is -0.348. The molecule has 0 spiro atoms. The van der Waals surface area contributed by atoms with Gasteiger partial charge in [0.2, 0.25) is 0 Å². The van der Waals surface area contributed by atoms with Crippen LogP contribution in [0.4, 0.5) is 15.8 Å². The Labute approximate surface area is 121 Å². The van der Waals surface area contributed by atoms with Crippen molar-refractivity contribution in [3.8, 4) is 0 Å². The van der Waals surface area contributed by atoms with Crippen molar-refractivity contribution in [3.63, 3.8) is 0 Å². The number of benzene rings is 2. The zero-order chi connectivity index (χ0) is 13.8.